The highest BCUT2D eigenvalue weighted by Gasteiger charge is 2.34. The first-order valence-electron chi connectivity index (χ1n) is 12.9. The molecule has 0 saturated carbocycles. The molecular formula is C31H38ClN3O3. The van der Waals surface area contributed by atoms with Gasteiger partial charge in [0.1, 0.15) is 5.65 Å². The van der Waals surface area contributed by atoms with Crippen LogP contribution in [-0.2, 0) is 20.8 Å². The van der Waals surface area contributed by atoms with Crippen molar-refractivity contribution in [3.63, 3.8) is 0 Å². The smallest absolute Gasteiger partial charge is 0.339 e. The van der Waals surface area contributed by atoms with E-state index in [9.17, 15) is 4.79 Å². The summed E-state index contributed by atoms with van der Waals surface area (Å²) in [5.41, 5.74) is 6.76. The molecule has 0 bridgehead atoms. The molecule has 1 atom stereocenters. The van der Waals surface area contributed by atoms with Gasteiger partial charge in [0.25, 0.3) is 0 Å². The van der Waals surface area contributed by atoms with Crippen LogP contribution in [0.1, 0.15) is 68.8 Å². The Hall–Kier alpha value is -3.22. The number of aryl methyl sites for hydroxylation is 2. The van der Waals surface area contributed by atoms with Gasteiger partial charge in [-0.3, -0.25) is 4.98 Å². The molecule has 3 heterocycles. The number of pyridine rings is 2. The average Bonchev–Trinajstić information content (AvgIpc) is 3.12. The summed E-state index contributed by atoms with van der Waals surface area (Å²) in [7, 11) is 1.38. The van der Waals surface area contributed by atoms with Crippen molar-refractivity contribution in [2.75, 3.05) is 7.11 Å². The number of rotatable bonds is 6. The summed E-state index contributed by atoms with van der Waals surface area (Å²) in [5.74, 6) is -0.464. The Morgan fingerprint density at radius 3 is 2.29 bits per heavy atom. The summed E-state index contributed by atoms with van der Waals surface area (Å²) in [6.07, 6.45) is 2.69. The Labute approximate surface area is 231 Å². The van der Waals surface area contributed by atoms with E-state index in [4.69, 9.17) is 26.1 Å². The monoisotopic (exact) mass is 535 g/mol. The Balaban J connectivity index is 0.00000195. The molecule has 202 valence electrons. The van der Waals surface area contributed by atoms with Crippen molar-refractivity contribution >= 4 is 28.6 Å². The molecule has 3 aromatic heterocycles. The summed E-state index contributed by atoms with van der Waals surface area (Å²) in [6.45, 7) is 16.5. The minimum atomic E-state index is -0.945. The lowest BCUT2D eigenvalue weighted by molar-refractivity contribution is -0.164. The summed E-state index contributed by atoms with van der Waals surface area (Å²) in [4.78, 5) is 22.4. The van der Waals surface area contributed by atoms with E-state index < -0.39 is 17.7 Å². The lowest BCUT2D eigenvalue weighted by Gasteiger charge is -2.29. The second-order valence-corrected chi connectivity index (χ2v) is 10.4. The molecule has 6 nitrogen and oxygen atoms in total. The maximum Gasteiger partial charge on any atom is 0.339 e. The molecule has 4 aromatic rings. The zero-order chi connectivity index (χ0) is 28.2. The lowest BCUT2D eigenvalue weighted by atomic mass is 9.91. The number of esters is 1. The predicted molar refractivity (Wildman–Crippen MR) is 155 cm³/mol. The van der Waals surface area contributed by atoms with Crippen LogP contribution in [0, 0.1) is 20.8 Å². The van der Waals surface area contributed by atoms with Crippen molar-refractivity contribution in [3.8, 4) is 11.1 Å². The average molecular weight is 536 g/mol. The van der Waals surface area contributed by atoms with Gasteiger partial charge in [0.05, 0.1) is 19.3 Å². The van der Waals surface area contributed by atoms with Crippen molar-refractivity contribution in [2.45, 2.75) is 73.6 Å². The normalized spacial score (nSPS) is 12.2. The number of halogens is 1. The molecule has 0 aliphatic rings. The molecule has 0 N–H and O–H groups in total. The van der Waals surface area contributed by atoms with Gasteiger partial charge >= 0.3 is 5.97 Å². The number of fused-ring (bicyclic) bond motifs is 1. The van der Waals surface area contributed by atoms with Gasteiger partial charge in [-0.1, -0.05) is 43.6 Å². The minimum absolute atomic E-state index is 0.464. The predicted octanol–water partition coefficient (Wildman–Crippen LogP) is 7.78. The van der Waals surface area contributed by atoms with Crippen LogP contribution in [0.25, 0.3) is 22.2 Å². The van der Waals surface area contributed by atoms with Gasteiger partial charge in [-0.05, 0) is 76.4 Å². The molecule has 38 heavy (non-hydrogen) atoms. The first kappa shape index (κ1) is 29.3. The summed E-state index contributed by atoms with van der Waals surface area (Å²) in [6, 6.07) is 11.6. The van der Waals surface area contributed by atoms with Gasteiger partial charge < -0.3 is 14.0 Å². The lowest BCUT2D eigenvalue weighted by Crippen LogP contribution is -2.29. The number of hydrogen-bond donors (Lipinski definition) is 0. The number of hydrogen-bond acceptors (Lipinski definition) is 5. The third kappa shape index (κ3) is 6.08. The molecule has 1 unspecified atom stereocenters. The van der Waals surface area contributed by atoms with E-state index in [-0.39, 0.29) is 0 Å². The quantitative estimate of drug-likeness (QED) is 0.236. The van der Waals surface area contributed by atoms with Crippen LogP contribution < -0.4 is 0 Å². The van der Waals surface area contributed by atoms with Gasteiger partial charge in [-0.15, -0.1) is 0 Å². The molecule has 0 saturated heterocycles. The Morgan fingerprint density at radius 1 is 1.08 bits per heavy atom. The van der Waals surface area contributed by atoms with E-state index in [0.717, 1.165) is 39.0 Å². The van der Waals surface area contributed by atoms with E-state index in [2.05, 4.69) is 29.5 Å². The number of carbonyl (C=O) groups is 1. The van der Waals surface area contributed by atoms with Crippen molar-refractivity contribution in [2.24, 2.45) is 0 Å². The van der Waals surface area contributed by atoms with Crippen LogP contribution in [0.15, 0.2) is 48.8 Å². The van der Waals surface area contributed by atoms with Crippen molar-refractivity contribution in [1.82, 2.24) is 14.5 Å². The summed E-state index contributed by atoms with van der Waals surface area (Å²) < 4.78 is 13.7. The third-order valence-electron chi connectivity index (χ3n) is 6.33. The van der Waals surface area contributed by atoms with E-state index in [1.165, 1.54) is 7.11 Å². The molecule has 1 aromatic carbocycles. The fraction of sp³-hybridized carbons (Fsp3) is 0.387. The van der Waals surface area contributed by atoms with E-state index >= 15 is 0 Å². The number of ether oxygens (including phenoxy) is 2. The number of carbonyl (C=O) groups excluding carboxylic acids is 1. The highest BCUT2D eigenvalue weighted by molar-refractivity contribution is 6.30. The van der Waals surface area contributed by atoms with Crippen LogP contribution in [0.3, 0.4) is 0 Å². The third-order valence-corrected chi connectivity index (χ3v) is 6.58. The highest BCUT2D eigenvalue weighted by Crippen LogP contribution is 2.42. The number of benzene rings is 1. The van der Waals surface area contributed by atoms with Crippen LogP contribution in [0.5, 0.6) is 0 Å². The minimum Gasteiger partial charge on any atom is -0.467 e. The van der Waals surface area contributed by atoms with Crippen LogP contribution in [0.2, 0.25) is 5.02 Å². The van der Waals surface area contributed by atoms with Gasteiger partial charge in [0.2, 0.25) is 0 Å². The topological polar surface area (TPSA) is 66.2 Å². The zero-order valence-corrected chi connectivity index (χ0v) is 24.6. The standard InChI is InChI=1S/C29H32ClN3O3.C2H6/c1-17-19(3)33(16-20-9-8-14-31-15-20)27-23(17)25(21-10-12-22(30)13-11-21)24(18(2)32-27)26(28(34)35-7)36-29(4,5)6;1-2/h8-15,26H,16H2,1-7H3;1-2H3. The summed E-state index contributed by atoms with van der Waals surface area (Å²) >= 11 is 6.24. The molecular weight excluding hydrogens is 498 g/mol. The van der Waals surface area contributed by atoms with Crippen molar-refractivity contribution in [3.05, 3.63) is 81.9 Å². The van der Waals surface area contributed by atoms with E-state index in [0.29, 0.717) is 22.8 Å². The number of aromatic nitrogens is 3. The van der Waals surface area contributed by atoms with Gasteiger partial charge in [-0.2, -0.15) is 0 Å². The summed E-state index contributed by atoms with van der Waals surface area (Å²) in [5, 5.41) is 1.62. The molecule has 0 spiro atoms. The number of nitrogens with zero attached hydrogens (tertiary/aromatic N) is 3. The SMILES string of the molecule is CC.COC(=O)C(OC(C)(C)C)c1c(C)nc2c(c(C)c(C)n2Cc2cccnc2)c1-c1ccc(Cl)cc1. The first-order valence-corrected chi connectivity index (χ1v) is 13.3. The van der Waals surface area contributed by atoms with E-state index in [1.54, 1.807) is 6.20 Å². The molecule has 0 aliphatic heterocycles. The maximum absolute atomic E-state index is 13.1. The fourth-order valence-corrected chi connectivity index (χ4v) is 4.71. The second-order valence-electron chi connectivity index (χ2n) is 9.98. The van der Waals surface area contributed by atoms with Gasteiger partial charge in [0, 0.05) is 45.3 Å². The van der Waals surface area contributed by atoms with Crippen molar-refractivity contribution in [1.29, 1.82) is 0 Å². The Kier molecular flexibility index (Phi) is 9.34. The molecule has 4 rings (SSSR count). The fourth-order valence-electron chi connectivity index (χ4n) is 4.59. The molecule has 0 amide bonds. The maximum atomic E-state index is 13.1. The Morgan fingerprint density at radius 2 is 1.74 bits per heavy atom. The van der Waals surface area contributed by atoms with Crippen LogP contribution >= 0.6 is 11.6 Å². The van der Waals surface area contributed by atoms with Crippen LogP contribution in [0.4, 0.5) is 0 Å². The van der Waals surface area contributed by atoms with E-state index in [1.807, 2.05) is 78.1 Å². The first-order chi connectivity index (χ1) is 18.0. The van der Waals surface area contributed by atoms with Gasteiger partial charge in [0.15, 0.2) is 6.10 Å². The second kappa shape index (κ2) is 12.1. The zero-order valence-electron chi connectivity index (χ0n) is 23.8. The molecule has 7 heteroatoms. The molecule has 0 aliphatic carbocycles. The van der Waals surface area contributed by atoms with Crippen LogP contribution in [-0.4, -0.2) is 33.2 Å². The number of methoxy groups -OCH3 is 1. The largest absolute Gasteiger partial charge is 0.467 e. The molecule has 0 fully saturated rings. The van der Waals surface area contributed by atoms with Crippen molar-refractivity contribution < 1.29 is 14.3 Å². The van der Waals surface area contributed by atoms with Gasteiger partial charge in [-0.25, -0.2) is 9.78 Å². The Bertz CT molecular complexity index is 1410. The molecule has 0 radical (unpaired) electrons. The highest BCUT2D eigenvalue weighted by atomic mass is 35.5.